The van der Waals surface area contributed by atoms with Gasteiger partial charge in [0.05, 0.1) is 11.9 Å². The van der Waals surface area contributed by atoms with Gasteiger partial charge in [-0.15, -0.1) is 0 Å². The van der Waals surface area contributed by atoms with Crippen molar-refractivity contribution in [2.24, 2.45) is 0 Å². The zero-order chi connectivity index (χ0) is 16.9. The first-order valence-corrected chi connectivity index (χ1v) is 9.09. The van der Waals surface area contributed by atoms with Gasteiger partial charge in [-0.2, -0.15) is 5.10 Å². The lowest BCUT2D eigenvalue weighted by Crippen LogP contribution is -2.29. The summed E-state index contributed by atoms with van der Waals surface area (Å²) in [7, 11) is -3.19. The Kier molecular flexibility index (Phi) is 5.51. The van der Waals surface area contributed by atoms with Crippen LogP contribution < -0.4 is 10.0 Å². The van der Waals surface area contributed by atoms with Crippen LogP contribution in [0.1, 0.15) is 22.5 Å². The summed E-state index contributed by atoms with van der Waals surface area (Å²) in [6, 6.07) is 9.56. The van der Waals surface area contributed by atoms with E-state index in [1.807, 2.05) is 31.2 Å². The van der Waals surface area contributed by atoms with Gasteiger partial charge < -0.3 is 5.32 Å². The Balaban J connectivity index is 1.85. The molecule has 7 nitrogen and oxygen atoms in total. The van der Waals surface area contributed by atoms with Crippen molar-refractivity contribution in [2.75, 3.05) is 19.3 Å². The SMILES string of the molecule is Cc1ccc(-c2cc(C(=O)NCCCNS(C)(=O)=O)[nH]n2)cc1. The third kappa shape index (κ3) is 5.50. The smallest absolute Gasteiger partial charge is 0.269 e. The largest absolute Gasteiger partial charge is 0.351 e. The molecular formula is C15H20N4O3S. The number of rotatable bonds is 7. The molecule has 0 unspecified atom stereocenters. The summed E-state index contributed by atoms with van der Waals surface area (Å²) in [6.07, 6.45) is 1.61. The standard InChI is InChI=1S/C15H20N4O3S/c1-11-4-6-12(7-5-11)13-10-14(19-18-13)15(20)16-8-3-9-17-23(2,21)22/h4-7,10,17H,3,8-9H2,1-2H3,(H,16,20)(H,18,19). The molecule has 0 atom stereocenters. The predicted octanol–water partition coefficient (Wildman–Crippen LogP) is 1.05. The number of aryl methyl sites for hydroxylation is 1. The van der Waals surface area contributed by atoms with Crippen LogP contribution in [0.4, 0.5) is 0 Å². The molecule has 0 bridgehead atoms. The second-order valence-electron chi connectivity index (χ2n) is 5.31. The monoisotopic (exact) mass is 336 g/mol. The van der Waals surface area contributed by atoms with Crippen LogP contribution in [0.25, 0.3) is 11.3 Å². The molecule has 8 heteroatoms. The first-order valence-electron chi connectivity index (χ1n) is 7.20. The van der Waals surface area contributed by atoms with Gasteiger partial charge in [-0.25, -0.2) is 13.1 Å². The molecule has 0 aliphatic carbocycles. The summed E-state index contributed by atoms with van der Waals surface area (Å²) in [6.45, 7) is 2.67. The summed E-state index contributed by atoms with van der Waals surface area (Å²) in [4.78, 5) is 12.0. The van der Waals surface area contributed by atoms with Crippen LogP contribution in [0.2, 0.25) is 0 Å². The van der Waals surface area contributed by atoms with E-state index in [0.29, 0.717) is 24.4 Å². The molecule has 3 N–H and O–H groups in total. The second-order valence-corrected chi connectivity index (χ2v) is 7.14. The van der Waals surface area contributed by atoms with E-state index in [9.17, 15) is 13.2 Å². The highest BCUT2D eigenvalue weighted by Gasteiger charge is 2.10. The first-order chi connectivity index (χ1) is 10.8. The summed E-state index contributed by atoms with van der Waals surface area (Å²) in [5, 5.41) is 9.56. The Morgan fingerprint density at radius 1 is 1.22 bits per heavy atom. The number of benzene rings is 1. The van der Waals surface area contributed by atoms with Crippen molar-refractivity contribution in [1.29, 1.82) is 0 Å². The van der Waals surface area contributed by atoms with Crippen molar-refractivity contribution in [2.45, 2.75) is 13.3 Å². The zero-order valence-corrected chi connectivity index (χ0v) is 13.9. The van der Waals surface area contributed by atoms with Crippen LogP contribution in [0.15, 0.2) is 30.3 Å². The molecule has 0 saturated heterocycles. The maximum atomic E-state index is 12.0. The number of amides is 1. The Bertz CT molecular complexity index is 766. The fourth-order valence-corrected chi connectivity index (χ4v) is 2.47. The maximum absolute atomic E-state index is 12.0. The Hall–Kier alpha value is -2.19. The third-order valence-corrected chi connectivity index (χ3v) is 3.90. The van der Waals surface area contributed by atoms with Gasteiger partial charge in [0.15, 0.2) is 0 Å². The van der Waals surface area contributed by atoms with Crippen molar-refractivity contribution in [3.63, 3.8) is 0 Å². The molecule has 1 aromatic heterocycles. The van der Waals surface area contributed by atoms with E-state index in [1.165, 1.54) is 0 Å². The fraction of sp³-hybridized carbons (Fsp3) is 0.333. The number of aromatic nitrogens is 2. The maximum Gasteiger partial charge on any atom is 0.269 e. The number of sulfonamides is 1. The van der Waals surface area contributed by atoms with E-state index in [4.69, 9.17) is 0 Å². The highest BCUT2D eigenvalue weighted by atomic mass is 32.2. The highest BCUT2D eigenvalue weighted by molar-refractivity contribution is 7.88. The minimum atomic E-state index is -3.19. The summed E-state index contributed by atoms with van der Waals surface area (Å²) >= 11 is 0. The molecule has 0 aliphatic heterocycles. The van der Waals surface area contributed by atoms with E-state index in [0.717, 1.165) is 17.4 Å². The van der Waals surface area contributed by atoms with E-state index in [-0.39, 0.29) is 12.5 Å². The van der Waals surface area contributed by atoms with Gasteiger partial charge in [0.1, 0.15) is 5.69 Å². The Morgan fingerprint density at radius 3 is 2.57 bits per heavy atom. The van der Waals surface area contributed by atoms with E-state index in [1.54, 1.807) is 6.07 Å². The predicted molar refractivity (Wildman–Crippen MR) is 88.6 cm³/mol. The normalized spacial score (nSPS) is 11.4. The molecule has 2 aromatic rings. The van der Waals surface area contributed by atoms with Crippen molar-refractivity contribution in [3.8, 4) is 11.3 Å². The molecular weight excluding hydrogens is 316 g/mol. The molecule has 0 spiro atoms. The molecule has 0 aliphatic rings. The van der Waals surface area contributed by atoms with Crippen LogP contribution in [0.3, 0.4) is 0 Å². The molecule has 23 heavy (non-hydrogen) atoms. The molecule has 0 saturated carbocycles. The van der Waals surface area contributed by atoms with Gasteiger partial charge >= 0.3 is 0 Å². The summed E-state index contributed by atoms with van der Waals surface area (Å²) in [5.41, 5.74) is 3.17. The lowest BCUT2D eigenvalue weighted by Gasteiger charge is -2.04. The van der Waals surface area contributed by atoms with Gasteiger partial charge in [0.25, 0.3) is 5.91 Å². The van der Waals surface area contributed by atoms with Crippen molar-refractivity contribution < 1.29 is 13.2 Å². The Morgan fingerprint density at radius 2 is 1.91 bits per heavy atom. The van der Waals surface area contributed by atoms with Crippen LogP contribution in [-0.2, 0) is 10.0 Å². The lowest BCUT2D eigenvalue weighted by atomic mass is 10.1. The fourth-order valence-electron chi connectivity index (χ4n) is 1.95. The van der Waals surface area contributed by atoms with Crippen molar-refractivity contribution in [1.82, 2.24) is 20.2 Å². The number of carbonyl (C=O) groups is 1. The van der Waals surface area contributed by atoms with Crippen LogP contribution in [-0.4, -0.2) is 43.9 Å². The average molecular weight is 336 g/mol. The summed E-state index contributed by atoms with van der Waals surface area (Å²) < 4.78 is 24.2. The molecule has 0 radical (unpaired) electrons. The van der Waals surface area contributed by atoms with Crippen LogP contribution in [0.5, 0.6) is 0 Å². The molecule has 1 aromatic carbocycles. The van der Waals surface area contributed by atoms with Gasteiger partial charge in [-0.3, -0.25) is 9.89 Å². The number of hydrogen-bond donors (Lipinski definition) is 3. The molecule has 1 heterocycles. The topological polar surface area (TPSA) is 104 Å². The number of carbonyl (C=O) groups excluding carboxylic acids is 1. The van der Waals surface area contributed by atoms with Crippen LogP contribution >= 0.6 is 0 Å². The zero-order valence-electron chi connectivity index (χ0n) is 13.1. The van der Waals surface area contributed by atoms with Gasteiger partial charge in [-0.05, 0) is 19.4 Å². The quantitative estimate of drug-likeness (QED) is 0.658. The number of H-pyrrole nitrogens is 1. The number of aromatic amines is 1. The highest BCUT2D eigenvalue weighted by Crippen LogP contribution is 2.18. The number of nitrogens with zero attached hydrogens (tertiary/aromatic N) is 1. The molecule has 1 amide bonds. The minimum absolute atomic E-state index is 0.268. The average Bonchev–Trinajstić information content (AvgIpc) is 2.96. The van der Waals surface area contributed by atoms with Gasteiger partial charge in [0, 0.05) is 18.7 Å². The first kappa shape index (κ1) is 17.2. The third-order valence-electron chi connectivity index (χ3n) is 3.17. The lowest BCUT2D eigenvalue weighted by molar-refractivity contribution is 0.0948. The molecule has 2 rings (SSSR count). The number of hydrogen-bond acceptors (Lipinski definition) is 4. The molecule has 124 valence electrons. The van der Waals surface area contributed by atoms with Gasteiger partial charge in [0.2, 0.25) is 10.0 Å². The van der Waals surface area contributed by atoms with E-state index < -0.39 is 10.0 Å². The Labute approximate surface area is 135 Å². The van der Waals surface area contributed by atoms with E-state index >= 15 is 0 Å². The van der Waals surface area contributed by atoms with Crippen molar-refractivity contribution in [3.05, 3.63) is 41.6 Å². The van der Waals surface area contributed by atoms with Crippen LogP contribution in [0, 0.1) is 6.92 Å². The van der Waals surface area contributed by atoms with E-state index in [2.05, 4.69) is 20.2 Å². The number of nitrogens with one attached hydrogen (secondary N) is 3. The second kappa shape index (κ2) is 7.38. The molecule has 0 fully saturated rings. The van der Waals surface area contributed by atoms with Crippen molar-refractivity contribution >= 4 is 15.9 Å². The van der Waals surface area contributed by atoms with Gasteiger partial charge in [-0.1, -0.05) is 29.8 Å². The minimum Gasteiger partial charge on any atom is -0.351 e. The summed E-state index contributed by atoms with van der Waals surface area (Å²) in [5.74, 6) is -0.268.